The van der Waals surface area contributed by atoms with Crippen molar-refractivity contribution in [2.75, 3.05) is 17.6 Å². The van der Waals surface area contributed by atoms with Crippen LogP contribution in [-0.4, -0.2) is 21.3 Å². The van der Waals surface area contributed by atoms with E-state index in [1.165, 1.54) is 0 Å². The fourth-order valence-electron chi connectivity index (χ4n) is 1.56. The molecule has 0 atom stereocenters. The van der Waals surface area contributed by atoms with Gasteiger partial charge < -0.3 is 11.1 Å². The lowest BCUT2D eigenvalue weighted by Gasteiger charge is -2.07. The summed E-state index contributed by atoms with van der Waals surface area (Å²) in [6.07, 6.45) is 4.76. The number of rotatable bonds is 5. The number of nitrogens with zero attached hydrogens (tertiary/aromatic N) is 3. The summed E-state index contributed by atoms with van der Waals surface area (Å²) in [5.74, 6) is 0.872. The molecule has 0 aliphatic heterocycles. The maximum absolute atomic E-state index is 5.71. The molecule has 0 aromatic carbocycles. The molecule has 2 heterocycles. The molecule has 2 aromatic rings. The number of nitrogen functional groups attached to an aromatic ring is 1. The van der Waals surface area contributed by atoms with Crippen LogP contribution in [0.15, 0.2) is 30.6 Å². The Morgan fingerprint density at radius 1 is 1.41 bits per heavy atom. The molecule has 0 radical (unpaired) electrons. The molecule has 2 aromatic heterocycles. The minimum atomic E-state index is 0.729. The van der Waals surface area contributed by atoms with Gasteiger partial charge in [0, 0.05) is 25.5 Å². The third-order valence-electron chi connectivity index (χ3n) is 2.56. The zero-order chi connectivity index (χ0) is 12.1. The molecule has 0 saturated carbocycles. The Morgan fingerprint density at radius 2 is 2.29 bits per heavy atom. The van der Waals surface area contributed by atoms with Crippen LogP contribution in [0.2, 0.25) is 0 Å². The Hall–Kier alpha value is -2.04. The Balaban J connectivity index is 1.76. The first-order valence-electron chi connectivity index (χ1n) is 5.70. The van der Waals surface area contributed by atoms with Crippen LogP contribution in [0.1, 0.15) is 12.1 Å². The summed E-state index contributed by atoms with van der Waals surface area (Å²) in [7, 11) is 0. The van der Waals surface area contributed by atoms with Gasteiger partial charge >= 0.3 is 0 Å². The first-order valence-corrected chi connectivity index (χ1v) is 5.70. The maximum atomic E-state index is 5.71. The number of nitrogens with two attached hydrogens (primary N) is 1. The molecule has 0 amide bonds. The quantitative estimate of drug-likeness (QED) is 0.768. The van der Waals surface area contributed by atoms with Gasteiger partial charge in [0.15, 0.2) is 0 Å². The van der Waals surface area contributed by atoms with Crippen molar-refractivity contribution >= 4 is 11.5 Å². The number of hydrogen-bond donors (Lipinski definition) is 2. The van der Waals surface area contributed by atoms with Crippen LogP contribution >= 0.6 is 0 Å². The molecular weight excluding hydrogens is 214 g/mol. The number of anilines is 2. The second kappa shape index (κ2) is 5.34. The zero-order valence-electron chi connectivity index (χ0n) is 9.93. The van der Waals surface area contributed by atoms with Gasteiger partial charge in [0.2, 0.25) is 0 Å². The van der Waals surface area contributed by atoms with E-state index in [0.717, 1.165) is 36.7 Å². The third-order valence-corrected chi connectivity index (χ3v) is 2.56. The van der Waals surface area contributed by atoms with Crippen LogP contribution in [0.4, 0.5) is 11.5 Å². The molecule has 0 bridgehead atoms. The standard InChI is InChI=1S/C12H17N5/c1-10-11(13)4-5-12(16-10)14-6-2-8-17-9-3-7-15-17/h3-5,7,9H,2,6,8,13H2,1H3,(H,14,16). The van der Waals surface area contributed by atoms with Crippen molar-refractivity contribution in [3.63, 3.8) is 0 Å². The van der Waals surface area contributed by atoms with Crippen LogP contribution in [0.5, 0.6) is 0 Å². The highest BCUT2D eigenvalue weighted by Gasteiger charge is 1.97. The summed E-state index contributed by atoms with van der Waals surface area (Å²) < 4.78 is 1.92. The Kier molecular flexibility index (Phi) is 3.59. The number of pyridine rings is 1. The molecule has 0 saturated heterocycles. The average Bonchev–Trinajstić information content (AvgIpc) is 2.82. The predicted molar refractivity (Wildman–Crippen MR) is 68.7 cm³/mol. The Bertz CT molecular complexity index is 464. The van der Waals surface area contributed by atoms with Crippen molar-refractivity contribution in [1.29, 1.82) is 0 Å². The molecule has 90 valence electrons. The second-order valence-electron chi connectivity index (χ2n) is 3.92. The molecular formula is C12H17N5. The zero-order valence-corrected chi connectivity index (χ0v) is 9.93. The summed E-state index contributed by atoms with van der Waals surface area (Å²) in [6.45, 7) is 3.69. The highest BCUT2D eigenvalue weighted by Crippen LogP contribution is 2.11. The van der Waals surface area contributed by atoms with E-state index in [4.69, 9.17) is 5.73 Å². The lowest BCUT2D eigenvalue weighted by atomic mass is 10.3. The SMILES string of the molecule is Cc1nc(NCCCn2cccn2)ccc1N. The monoisotopic (exact) mass is 231 g/mol. The topological polar surface area (TPSA) is 68.8 Å². The molecule has 5 heteroatoms. The van der Waals surface area contributed by atoms with E-state index in [1.807, 2.05) is 36.0 Å². The first kappa shape index (κ1) is 11.4. The second-order valence-corrected chi connectivity index (χ2v) is 3.92. The summed E-state index contributed by atoms with van der Waals surface area (Å²) in [5.41, 5.74) is 7.30. The van der Waals surface area contributed by atoms with Crippen LogP contribution in [0, 0.1) is 6.92 Å². The largest absolute Gasteiger partial charge is 0.397 e. The Morgan fingerprint density at radius 3 is 3.00 bits per heavy atom. The summed E-state index contributed by atoms with van der Waals surface area (Å²) in [6, 6.07) is 5.70. The minimum Gasteiger partial charge on any atom is -0.397 e. The molecule has 2 rings (SSSR count). The van der Waals surface area contributed by atoms with Gasteiger partial charge in [-0.15, -0.1) is 0 Å². The van der Waals surface area contributed by atoms with Gasteiger partial charge in [-0.1, -0.05) is 0 Å². The van der Waals surface area contributed by atoms with Crippen molar-refractivity contribution in [2.24, 2.45) is 0 Å². The van der Waals surface area contributed by atoms with Crippen molar-refractivity contribution in [3.05, 3.63) is 36.3 Å². The van der Waals surface area contributed by atoms with Crippen molar-refractivity contribution in [2.45, 2.75) is 19.9 Å². The maximum Gasteiger partial charge on any atom is 0.126 e. The number of nitrogens with one attached hydrogen (secondary N) is 1. The summed E-state index contributed by atoms with van der Waals surface area (Å²) >= 11 is 0. The Labute approximate surface area is 101 Å². The predicted octanol–water partition coefficient (Wildman–Crippen LogP) is 1.67. The van der Waals surface area contributed by atoms with Crippen LogP contribution in [0.3, 0.4) is 0 Å². The van der Waals surface area contributed by atoms with Gasteiger partial charge in [-0.3, -0.25) is 4.68 Å². The van der Waals surface area contributed by atoms with E-state index in [9.17, 15) is 0 Å². The molecule has 0 aliphatic rings. The normalized spacial score (nSPS) is 10.4. The first-order chi connectivity index (χ1) is 8.25. The molecule has 0 aliphatic carbocycles. The van der Waals surface area contributed by atoms with Gasteiger partial charge in [0.1, 0.15) is 5.82 Å². The molecule has 0 unspecified atom stereocenters. The average molecular weight is 231 g/mol. The number of aromatic nitrogens is 3. The van der Waals surface area contributed by atoms with Crippen molar-refractivity contribution < 1.29 is 0 Å². The van der Waals surface area contributed by atoms with E-state index < -0.39 is 0 Å². The molecule has 5 nitrogen and oxygen atoms in total. The number of aryl methyl sites for hydroxylation is 2. The van der Waals surface area contributed by atoms with E-state index in [-0.39, 0.29) is 0 Å². The lowest BCUT2D eigenvalue weighted by Crippen LogP contribution is -2.08. The van der Waals surface area contributed by atoms with Crippen molar-refractivity contribution in [3.8, 4) is 0 Å². The fourth-order valence-corrected chi connectivity index (χ4v) is 1.56. The van der Waals surface area contributed by atoms with Crippen molar-refractivity contribution in [1.82, 2.24) is 14.8 Å². The van der Waals surface area contributed by atoms with Gasteiger partial charge in [0.25, 0.3) is 0 Å². The molecule has 0 fully saturated rings. The molecule has 17 heavy (non-hydrogen) atoms. The lowest BCUT2D eigenvalue weighted by molar-refractivity contribution is 0.591. The summed E-state index contributed by atoms with van der Waals surface area (Å²) in [4.78, 5) is 4.35. The number of hydrogen-bond acceptors (Lipinski definition) is 4. The summed E-state index contributed by atoms with van der Waals surface area (Å²) in [5, 5.41) is 7.41. The smallest absolute Gasteiger partial charge is 0.126 e. The van der Waals surface area contributed by atoms with Gasteiger partial charge in [-0.2, -0.15) is 5.10 Å². The fraction of sp³-hybridized carbons (Fsp3) is 0.333. The van der Waals surface area contributed by atoms with Crippen LogP contribution in [-0.2, 0) is 6.54 Å². The van der Waals surface area contributed by atoms with Gasteiger partial charge in [-0.05, 0) is 31.5 Å². The minimum absolute atomic E-state index is 0.729. The van der Waals surface area contributed by atoms with Gasteiger partial charge in [0.05, 0.1) is 11.4 Å². The highest BCUT2D eigenvalue weighted by molar-refractivity contribution is 5.48. The molecule has 3 N–H and O–H groups in total. The highest BCUT2D eigenvalue weighted by atomic mass is 15.3. The van der Waals surface area contributed by atoms with E-state index in [1.54, 1.807) is 6.20 Å². The van der Waals surface area contributed by atoms with Crippen LogP contribution < -0.4 is 11.1 Å². The van der Waals surface area contributed by atoms with E-state index in [0.29, 0.717) is 0 Å². The molecule has 0 spiro atoms. The van der Waals surface area contributed by atoms with Gasteiger partial charge in [-0.25, -0.2) is 4.98 Å². The third kappa shape index (κ3) is 3.21. The van der Waals surface area contributed by atoms with E-state index >= 15 is 0 Å². The van der Waals surface area contributed by atoms with E-state index in [2.05, 4.69) is 15.4 Å². The van der Waals surface area contributed by atoms with Crippen LogP contribution in [0.25, 0.3) is 0 Å².